The van der Waals surface area contributed by atoms with Crippen LogP contribution in [0.4, 0.5) is 0 Å². The lowest BCUT2D eigenvalue weighted by atomic mass is 10.2. The highest BCUT2D eigenvalue weighted by molar-refractivity contribution is 5.80. The van der Waals surface area contributed by atoms with Crippen molar-refractivity contribution in [2.45, 2.75) is 20.0 Å². The Balaban J connectivity index is 1.75. The van der Waals surface area contributed by atoms with Crippen LogP contribution >= 0.6 is 0 Å². The number of aryl methyl sites for hydroxylation is 1. The molecular formula is C19H23NO4. The van der Waals surface area contributed by atoms with Crippen molar-refractivity contribution >= 4 is 5.91 Å². The van der Waals surface area contributed by atoms with Crippen molar-refractivity contribution in [3.63, 3.8) is 0 Å². The molecule has 5 nitrogen and oxygen atoms in total. The number of methoxy groups -OCH3 is 1. The van der Waals surface area contributed by atoms with E-state index in [1.54, 1.807) is 14.0 Å². The van der Waals surface area contributed by atoms with Crippen molar-refractivity contribution in [1.82, 2.24) is 5.32 Å². The molecule has 0 spiro atoms. The van der Waals surface area contributed by atoms with E-state index in [0.717, 1.165) is 5.56 Å². The molecule has 128 valence electrons. The van der Waals surface area contributed by atoms with Crippen molar-refractivity contribution in [1.29, 1.82) is 0 Å². The summed E-state index contributed by atoms with van der Waals surface area (Å²) in [6.07, 6.45) is -0.572. The molecule has 0 bridgehead atoms. The van der Waals surface area contributed by atoms with E-state index in [0.29, 0.717) is 30.4 Å². The SMILES string of the molecule is COc1ccccc1OCCNC(=O)[C@H](C)Oc1ccccc1C. The zero-order valence-corrected chi connectivity index (χ0v) is 14.2. The van der Waals surface area contributed by atoms with E-state index in [4.69, 9.17) is 14.2 Å². The Morgan fingerprint density at radius 1 is 1.04 bits per heavy atom. The molecule has 0 saturated carbocycles. The van der Waals surface area contributed by atoms with Gasteiger partial charge in [0, 0.05) is 0 Å². The van der Waals surface area contributed by atoms with E-state index in [1.165, 1.54) is 0 Å². The van der Waals surface area contributed by atoms with Gasteiger partial charge in [-0.2, -0.15) is 0 Å². The zero-order valence-electron chi connectivity index (χ0n) is 14.2. The largest absolute Gasteiger partial charge is 0.493 e. The van der Waals surface area contributed by atoms with Gasteiger partial charge in [0.15, 0.2) is 17.6 Å². The van der Waals surface area contributed by atoms with Crippen molar-refractivity contribution < 1.29 is 19.0 Å². The molecule has 1 amide bonds. The molecule has 2 rings (SSSR count). The molecule has 0 aliphatic carbocycles. The molecule has 0 unspecified atom stereocenters. The van der Waals surface area contributed by atoms with Gasteiger partial charge in [0.25, 0.3) is 5.91 Å². The summed E-state index contributed by atoms with van der Waals surface area (Å²) < 4.78 is 16.5. The van der Waals surface area contributed by atoms with E-state index in [-0.39, 0.29) is 5.91 Å². The average molecular weight is 329 g/mol. The van der Waals surface area contributed by atoms with E-state index in [2.05, 4.69) is 5.32 Å². The Morgan fingerprint density at radius 2 is 1.67 bits per heavy atom. The normalized spacial score (nSPS) is 11.5. The molecule has 0 aliphatic rings. The smallest absolute Gasteiger partial charge is 0.260 e. The lowest BCUT2D eigenvalue weighted by Crippen LogP contribution is -2.38. The summed E-state index contributed by atoms with van der Waals surface area (Å²) in [5.41, 5.74) is 0.997. The molecule has 1 N–H and O–H groups in total. The van der Waals surface area contributed by atoms with Crippen LogP contribution in [0.25, 0.3) is 0 Å². The third kappa shape index (κ3) is 4.91. The maximum absolute atomic E-state index is 12.1. The maximum Gasteiger partial charge on any atom is 0.260 e. The van der Waals surface area contributed by atoms with E-state index >= 15 is 0 Å². The third-order valence-corrected chi connectivity index (χ3v) is 3.49. The van der Waals surface area contributed by atoms with E-state index < -0.39 is 6.10 Å². The second-order valence-corrected chi connectivity index (χ2v) is 5.32. The molecule has 2 aromatic carbocycles. The Hall–Kier alpha value is -2.69. The Bertz CT molecular complexity index is 672. The Kier molecular flexibility index (Phi) is 6.49. The molecule has 1 atom stereocenters. The summed E-state index contributed by atoms with van der Waals surface area (Å²) in [6, 6.07) is 15.0. The number of hydrogen-bond donors (Lipinski definition) is 1. The molecule has 0 aromatic heterocycles. The van der Waals surface area contributed by atoms with Crippen LogP contribution in [0.3, 0.4) is 0 Å². The number of carbonyl (C=O) groups is 1. The van der Waals surface area contributed by atoms with Crippen LogP contribution in [-0.2, 0) is 4.79 Å². The molecule has 24 heavy (non-hydrogen) atoms. The number of ether oxygens (including phenoxy) is 3. The molecule has 0 fully saturated rings. The summed E-state index contributed by atoms with van der Waals surface area (Å²) in [7, 11) is 1.59. The monoisotopic (exact) mass is 329 g/mol. The predicted molar refractivity (Wildman–Crippen MR) is 92.8 cm³/mol. The van der Waals surface area contributed by atoms with Gasteiger partial charge >= 0.3 is 0 Å². The van der Waals surface area contributed by atoms with Crippen LogP contribution in [0.1, 0.15) is 12.5 Å². The second kappa shape index (κ2) is 8.82. The molecule has 2 aromatic rings. The molecule has 0 radical (unpaired) electrons. The number of carbonyl (C=O) groups excluding carboxylic acids is 1. The van der Waals surface area contributed by atoms with Gasteiger partial charge in [0.2, 0.25) is 0 Å². The van der Waals surface area contributed by atoms with Gasteiger partial charge in [-0.15, -0.1) is 0 Å². The standard InChI is InChI=1S/C19H23NO4/c1-14-8-4-5-9-16(14)24-15(2)19(21)20-12-13-23-18-11-7-6-10-17(18)22-3/h4-11,15H,12-13H2,1-3H3,(H,20,21)/t15-/m0/s1. The minimum atomic E-state index is -0.572. The minimum absolute atomic E-state index is 0.179. The van der Waals surface area contributed by atoms with Crippen molar-refractivity contribution in [3.05, 3.63) is 54.1 Å². The highest BCUT2D eigenvalue weighted by Crippen LogP contribution is 2.25. The summed E-state index contributed by atoms with van der Waals surface area (Å²) in [6.45, 7) is 4.41. The van der Waals surface area contributed by atoms with Crippen LogP contribution in [-0.4, -0.2) is 32.3 Å². The highest BCUT2D eigenvalue weighted by Gasteiger charge is 2.15. The van der Waals surface area contributed by atoms with Gasteiger partial charge in [-0.3, -0.25) is 4.79 Å². The minimum Gasteiger partial charge on any atom is -0.493 e. The first-order valence-electron chi connectivity index (χ1n) is 7.87. The lowest BCUT2D eigenvalue weighted by Gasteiger charge is -2.16. The van der Waals surface area contributed by atoms with Crippen LogP contribution < -0.4 is 19.5 Å². The Labute approximate surface area is 142 Å². The van der Waals surface area contributed by atoms with Crippen LogP contribution in [0.2, 0.25) is 0 Å². The van der Waals surface area contributed by atoms with Gasteiger partial charge in [0.05, 0.1) is 13.7 Å². The molecular weight excluding hydrogens is 306 g/mol. The number of hydrogen-bond acceptors (Lipinski definition) is 4. The summed E-state index contributed by atoms with van der Waals surface area (Å²) in [5, 5.41) is 2.80. The first-order valence-corrected chi connectivity index (χ1v) is 7.87. The summed E-state index contributed by atoms with van der Waals surface area (Å²) in [4.78, 5) is 12.1. The fraction of sp³-hybridized carbons (Fsp3) is 0.316. The summed E-state index contributed by atoms with van der Waals surface area (Å²) >= 11 is 0. The molecule has 0 heterocycles. The summed E-state index contributed by atoms with van der Waals surface area (Å²) in [5.74, 6) is 1.85. The third-order valence-electron chi connectivity index (χ3n) is 3.49. The first kappa shape index (κ1) is 17.7. The van der Waals surface area contributed by atoms with Gasteiger partial charge < -0.3 is 19.5 Å². The number of benzene rings is 2. The molecule has 5 heteroatoms. The molecule has 0 aliphatic heterocycles. The van der Waals surface area contributed by atoms with Crippen LogP contribution in [0.5, 0.6) is 17.2 Å². The highest BCUT2D eigenvalue weighted by atomic mass is 16.5. The van der Waals surface area contributed by atoms with Gasteiger partial charge in [-0.1, -0.05) is 30.3 Å². The van der Waals surface area contributed by atoms with E-state index in [9.17, 15) is 4.79 Å². The van der Waals surface area contributed by atoms with Crippen LogP contribution in [0.15, 0.2) is 48.5 Å². The van der Waals surface area contributed by atoms with Gasteiger partial charge in [0.1, 0.15) is 12.4 Å². The first-order chi connectivity index (χ1) is 11.6. The quantitative estimate of drug-likeness (QED) is 0.757. The number of amides is 1. The zero-order chi connectivity index (χ0) is 17.4. The van der Waals surface area contributed by atoms with Gasteiger partial charge in [-0.05, 0) is 37.6 Å². The average Bonchev–Trinajstić information content (AvgIpc) is 2.60. The predicted octanol–water partition coefficient (Wildman–Crippen LogP) is 2.97. The topological polar surface area (TPSA) is 56.8 Å². The fourth-order valence-corrected chi connectivity index (χ4v) is 2.15. The van der Waals surface area contributed by atoms with Crippen molar-refractivity contribution in [2.75, 3.05) is 20.3 Å². The second-order valence-electron chi connectivity index (χ2n) is 5.32. The maximum atomic E-state index is 12.1. The number of rotatable bonds is 8. The Morgan fingerprint density at radius 3 is 2.33 bits per heavy atom. The molecule has 0 saturated heterocycles. The number of para-hydroxylation sites is 3. The van der Waals surface area contributed by atoms with Crippen LogP contribution in [0, 0.1) is 6.92 Å². The van der Waals surface area contributed by atoms with Crippen molar-refractivity contribution in [3.8, 4) is 17.2 Å². The number of nitrogens with one attached hydrogen (secondary N) is 1. The van der Waals surface area contributed by atoms with E-state index in [1.807, 2.05) is 55.5 Å². The fourth-order valence-electron chi connectivity index (χ4n) is 2.15. The van der Waals surface area contributed by atoms with Crippen molar-refractivity contribution in [2.24, 2.45) is 0 Å². The van der Waals surface area contributed by atoms with Gasteiger partial charge in [-0.25, -0.2) is 0 Å². The lowest BCUT2D eigenvalue weighted by molar-refractivity contribution is -0.127.